The molecule has 126 valence electrons. The molecule has 25 heavy (non-hydrogen) atoms. The quantitative estimate of drug-likeness (QED) is 0.697. The molecule has 5 heteroatoms. The molecule has 3 aromatic rings. The van der Waals surface area contributed by atoms with E-state index in [0.29, 0.717) is 5.69 Å². The molecule has 3 aromatic carbocycles. The van der Waals surface area contributed by atoms with Crippen LogP contribution in [-0.4, -0.2) is 6.03 Å². The highest BCUT2D eigenvalue weighted by Crippen LogP contribution is 2.44. The Hall–Kier alpha value is -2.42. The number of hydrogen-bond donors (Lipinski definition) is 2. The Morgan fingerprint density at radius 2 is 1.56 bits per heavy atom. The lowest BCUT2D eigenvalue weighted by Gasteiger charge is -2.26. The van der Waals surface area contributed by atoms with Crippen LogP contribution in [0.25, 0.3) is 0 Å². The van der Waals surface area contributed by atoms with E-state index in [1.54, 1.807) is 0 Å². The van der Waals surface area contributed by atoms with Gasteiger partial charge in [-0.25, -0.2) is 4.79 Å². The maximum atomic E-state index is 11.2. The van der Waals surface area contributed by atoms with Crippen molar-refractivity contribution in [3.05, 3.63) is 84.4 Å². The summed E-state index contributed by atoms with van der Waals surface area (Å²) in [5.41, 5.74) is 7.09. The van der Waals surface area contributed by atoms with Crippen molar-refractivity contribution in [3.63, 3.8) is 0 Å². The van der Waals surface area contributed by atoms with E-state index in [1.165, 1.54) is 5.56 Å². The molecule has 0 unspecified atom stereocenters. The normalized spacial score (nSPS) is 13.0. The third-order valence-corrected chi connectivity index (χ3v) is 9.12. The second kappa shape index (κ2) is 7.22. The summed E-state index contributed by atoms with van der Waals surface area (Å²) in [7, 11) is 0. The Morgan fingerprint density at radius 3 is 2.24 bits per heavy atom. The van der Waals surface area contributed by atoms with Crippen LogP contribution in [0.1, 0.15) is 5.56 Å². The van der Waals surface area contributed by atoms with Crippen LogP contribution in [0.2, 0.25) is 0 Å². The summed E-state index contributed by atoms with van der Waals surface area (Å²) in [6, 6.07) is 23.3. The molecule has 0 aliphatic rings. The fourth-order valence-electron chi connectivity index (χ4n) is 2.90. The first-order chi connectivity index (χ1) is 12.0. The van der Waals surface area contributed by atoms with Gasteiger partial charge in [-0.1, -0.05) is 78.5 Å². The minimum Gasteiger partial charge on any atom is -0.351 e. The van der Waals surface area contributed by atoms with E-state index in [2.05, 4.69) is 36.5 Å². The number of nitrogens with one attached hydrogen (secondary N) is 1. The third kappa shape index (κ3) is 3.51. The first-order valence-corrected chi connectivity index (χ1v) is 10.7. The van der Waals surface area contributed by atoms with E-state index >= 15 is 0 Å². The summed E-state index contributed by atoms with van der Waals surface area (Å²) in [6.07, 6.45) is 0. The predicted molar refractivity (Wildman–Crippen MR) is 110 cm³/mol. The average Bonchev–Trinajstić information content (AvgIpc) is 2.62. The van der Waals surface area contributed by atoms with Crippen LogP contribution < -0.4 is 27.0 Å². The fraction of sp³-hybridized carbons (Fsp3) is 0.0500. The van der Waals surface area contributed by atoms with Crippen LogP contribution in [0.3, 0.4) is 0 Å². The molecular formula is C20H19N2OPS. The number of carbonyl (C=O) groups is 1. The van der Waals surface area contributed by atoms with E-state index in [4.69, 9.17) is 17.5 Å². The molecule has 0 radical (unpaired) electrons. The Morgan fingerprint density at radius 1 is 0.920 bits per heavy atom. The molecule has 3 rings (SSSR count). The molecule has 0 aliphatic carbocycles. The molecule has 0 saturated heterocycles. The highest BCUT2D eigenvalue weighted by Gasteiger charge is 2.26. The topological polar surface area (TPSA) is 55.1 Å². The zero-order valence-electron chi connectivity index (χ0n) is 13.8. The molecule has 0 heterocycles. The second-order valence-corrected chi connectivity index (χ2v) is 10.1. The van der Waals surface area contributed by atoms with Crippen molar-refractivity contribution in [2.45, 2.75) is 6.92 Å². The van der Waals surface area contributed by atoms with Crippen LogP contribution in [0.5, 0.6) is 0 Å². The molecule has 2 amide bonds. The minimum absolute atomic E-state index is 0.582. The third-order valence-electron chi connectivity index (χ3n) is 4.05. The van der Waals surface area contributed by atoms with Gasteiger partial charge in [0.05, 0.1) is 0 Å². The van der Waals surface area contributed by atoms with Crippen molar-refractivity contribution < 1.29 is 4.79 Å². The molecule has 0 spiro atoms. The first-order valence-electron chi connectivity index (χ1n) is 7.91. The summed E-state index contributed by atoms with van der Waals surface area (Å²) in [6.45, 7) is 2.09. The van der Waals surface area contributed by atoms with Crippen molar-refractivity contribution in [1.82, 2.24) is 0 Å². The van der Waals surface area contributed by atoms with Gasteiger partial charge in [0, 0.05) is 11.7 Å². The molecule has 0 bridgehead atoms. The summed E-state index contributed by atoms with van der Waals surface area (Å²) in [4.78, 5) is 11.2. The van der Waals surface area contributed by atoms with Gasteiger partial charge in [0.1, 0.15) is 0 Å². The van der Waals surface area contributed by atoms with Crippen LogP contribution in [0.15, 0.2) is 78.9 Å². The average molecular weight is 366 g/mol. The first kappa shape index (κ1) is 17.4. The maximum Gasteiger partial charge on any atom is 0.316 e. The molecule has 3 N–H and O–H groups in total. The van der Waals surface area contributed by atoms with E-state index in [9.17, 15) is 4.79 Å². The highest BCUT2D eigenvalue weighted by atomic mass is 32.4. The summed E-state index contributed by atoms with van der Waals surface area (Å²) < 4.78 is 0. The van der Waals surface area contributed by atoms with E-state index in [1.807, 2.05) is 54.6 Å². The number of aryl methyl sites for hydroxylation is 1. The SMILES string of the molecule is Cc1ccccc1[P@](=S)(c1ccccc1)c1cccc(NC(N)=O)c1. The van der Waals surface area contributed by atoms with Gasteiger partial charge in [0.15, 0.2) is 0 Å². The van der Waals surface area contributed by atoms with Gasteiger partial charge >= 0.3 is 6.03 Å². The number of carbonyl (C=O) groups excluding carboxylic acids is 1. The van der Waals surface area contributed by atoms with Crippen molar-refractivity contribution in [1.29, 1.82) is 0 Å². The standard InChI is InChI=1S/C20H19N2OPS/c1-15-8-5-6-13-19(15)24(25,17-10-3-2-4-11-17)18-12-7-9-16(14-18)22-20(21)23/h2-14H,1H3,(H3,21,22,23)/t24-/m0/s1. The molecule has 3 nitrogen and oxygen atoms in total. The van der Waals surface area contributed by atoms with E-state index in [0.717, 1.165) is 15.9 Å². The van der Waals surface area contributed by atoms with Crippen LogP contribution in [0, 0.1) is 6.92 Å². The number of hydrogen-bond acceptors (Lipinski definition) is 2. The van der Waals surface area contributed by atoms with E-state index < -0.39 is 12.1 Å². The lowest BCUT2D eigenvalue weighted by Crippen LogP contribution is -2.27. The zero-order valence-corrected chi connectivity index (χ0v) is 15.6. The largest absolute Gasteiger partial charge is 0.351 e. The van der Waals surface area contributed by atoms with Gasteiger partial charge in [0.2, 0.25) is 0 Å². The van der Waals surface area contributed by atoms with Gasteiger partial charge in [-0.05, 0) is 40.5 Å². The minimum atomic E-state index is -2.24. The smallest absolute Gasteiger partial charge is 0.316 e. The number of primary amides is 1. The predicted octanol–water partition coefficient (Wildman–Crippen LogP) is 3.24. The van der Waals surface area contributed by atoms with Crippen molar-refractivity contribution in [3.8, 4) is 0 Å². The second-order valence-electron chi connectivity index (χ2n) is 5.77. The fourth-order valence-corrected chi connectivity index (χ4v) is 7.15. The van der Waals surface area contributed by atoms with Gasteiger partial charge < -0.3 is 11.1 Å². The van der Waals surface area contributed by atoms with E-state index in [-0.39, 0.29) is 0 Å². The van der Waals surface area contributed by atoms with Gasteiger partial charge in [-0.15, -0.1) is 0 Å². The lowest BCUT2D eigenvalue weighted by molar-refractivity contribution is 0.259. The molecule has 0 aliphatic heterocycles. The summed E-state index contributed by atoms with van der Waals surface area (Å²) in [5.74, 6) is 0. The Labute approximate surface area is 152 Å². The number of benzene rings is 3. The zero-order chi connectivity index (χ0) is 17.9. The van der Waals surface area contributed by atoms with Crippen molar-refractivity contribution >= 4 is 45.5 Å². The number of nitrogens with two attached hydrogens (primary N) is 1. The van der Waals surface area contributed by atoms with Gasteiger partial charge in [-0.3, -0.25) is 0 Å². The summed E-state index contributed by atoms with van der Waals surface area (Å²) in [5, 5.41) is 5.95. The molecule has 1 atom stereocenters. The monoisotopic (exact) mass is 366 g/mol. The Balaban J connectivity index is 2.25. The number of amides is 2. The van der Waals surface area contributed by atoms with Crippen LogP contribution in [-0.2, 0) is 11.8 Å². The van der Waals surface area contributed by atoms with Gasteiger partial charge in [0.25, 0.3) is 0 Å². The van der Waals surface area contributed by atoms with Crippen LogP contribution >= 0.6 is 6.04 Å². The lowest BCUT2D eigenvalue weighted by atomic mass is 10.2. The highest BCUT2D eigenvalue weighted by molar-refractivity contribution is 8.25. The molecular weight excluding hydrogens is 347 g/mol. The van der Waals surface area contributed by atoms with Crippen molar-refractivity contribution in [2.75, 3.05) is 5.32 Å². The molecule has 0 saturated carbocycles. The van der Waals surface area contributed by atoms with Crippen LogP contribution in [0.4, 0.5) is 10.5 Å². The summed E-state index contributed by atoms with van der Waals surface area (Å²) >= 11 is 6.33. The molecule has 0 fully saturated rings. The van der Waals surface area contributed by atoms with Crippen molar-refractivity contribution in [2.24, 2.45) is 5.73 Å². The maximum absolute atomic E-state index is 11.2. The number of rotatable bonds is 4. The van der Waals surface area contributed by atoms with Gasteiger partial charge in [-0.2, -0.15) is 0 Å². The molecule has 0 aromatic heterocycles. The Kier molecular flexibility index (Phi) is 5.03. The number of anilines is 1. The Bertz CT molecular complexity index is 957. The number of urea groups is 1.